The van der Waals surface area contributed by atoms with Crippen LogP contribution in [0.25, 0.3) is 0 Å². The van der Waals surface area contributed by atoms with Crippen LogP contribution in [0.1, 0.15) is 45.4 Å². The van der Waals surface area contributed by atoms with Gasteiger partial charge in [-0.25, -0.2) is 0 Å². The van der Waals surface area contributed by atoms with Gasteiger partial charge in [0.15, 0.2) is 0 Å². The Hall–Kier alpha value is -0.120. The number of nitrogens with two attached hydrogens (primary N) is 1. The minimum Gasteiger partial charge on any atom is -0.381 e. The van der Waals surface area contributed by atoms with Crippen LogP contribution in [0, 0.1) is 11.8 Å². The molecule has 3 atom stereocenters. The summed E-state index contributed by atoms with van der Waals surface area (Å²) in [5.74, 6) is 1.57. The van der Waals surface area contributed by atoms with Crippen molar-refractivity contribution in [2.75, 3.05) is 26.8 Å². The zero-order valence-corrected chi connectivity index (χ0v) is 12.1. The smallest absolute Gasteiger partial charge is 0.0469 e. The van der Waals surface area contributed by atoms with E-state index in [1.165, 1.54) is 38.5 Å². The average molecular weight is 254 g/mol. The number of hydrogen-bond donors (Lipinski definition) is 1. The molecule has 2 fully saturated rings. The normalized spacial score (nSPS) is 32.7. The van der Waals surface area contributed by atoms with Crippen molar-refractivity contribution >= 4 is 0 Å². The van der Waals surface area contributed by atoms with Gasteiger partial charge in [-0.2, -0.15) is 0 Å². The summed E-state index contributed by atoms with van der Waals surface area (Å²) in [7, 11) is 2.31. The maximum atomic E-state index is 6.07. The second-order valence-electron chi connectivity index (χ2n) is 6.25. The highest BCUT2D eigenvalue weighted by Crippen LogP contribution is 2.31. The summed E-state index contributed by atoms with van der Waals surface area (Å²) in [5.41, 5.74) is 6.07. The molecular weight excluding hydrogens is 224 g/mol. The van der Waals surface area contributed by atoms with Gasteiger partial charge >= 0.3 is 0 Å². The predicted molar refractivity (Wildman–Crippen MR) is 75.6 cm³/mol. The van der Waals surface area contributed by atoms with E-state index in [9.17, 15) is 0 Å². The Bertz CT molecular complexity index is 241. The summed E-state index contributed by atoms with van der Waals surface area (Å²) in [5, 5.41) is 0. The molecule has 0 aromatic carbocycles. The van der Waals surface area contributed by atoms with Crippen molar-refractivity contribution in [2.45, 2.75) is 57.5 Å². The van der Waals surface area contributed by atoms with Gasteiger partial charge in [0.25, 0.3) is 0 Å². The highest BCUT2D eigenvalue weighted by molar-refractivity contribution is 4.87. The predicted octanol–water partition coefficient (Wildman–Crippen LogP) is 2.25. The molecule has 2 N–H and O–H groups in total. The number of ether oxygens (including phenoxy) is 1. The average Bonchev–Trinajstić information content (AvgIpc) is 2.41. The molecule has 1 aliphatic heterocycles. The van der Waals surface area contributed by atoms with Gasteiger partial charge in [-0.05, 0) is 44.6 Å². The topological polar surface area (TPSA) is 38.5 Å². The largest absolute Gasteiger partial charge is 0.381 e. The zero-order chi connectivity index (χ0) is 13.0. The van der Waals surface area contributed by atoms with Crippen LogP contribution in [-0.4, -0.2) is 43.8 Å². The fourth-order valence-corrected chi connectivity index (χ4v) is 3.94. The molecule has 3 unspecified atom stereocenters. The highest BCUT2D eigenvalue weighted by Gasteiger charge is 2.33. The quantitative estimate of drug-likeness (QED) is 0.836. The molecule has 0 spiro atoms. The van der Waals surface area contributed by atoms with E-state index in [1.54, 1.807) is 0 Å². The third-order valence-corrected chi connectivity index (χ3v) is 5.16. The number of rotatable bonds is 4. The Morgan fingerprint density at radius 1 is 1.17 bits per heavy atom. The molecule has 2 rings (SSSR count). The van der Waals surface area contributed by atoms with Gasteiger partial charge in [0.2, 0.25) is 0 Å². The molecular formula is C15H30N2O. The van der Waals surface area contributed by atoms with Crippen molar-refractivity contribution in [3.05, 3.63) is 0 Å². The van der Waals surface area contributed by atoms with Crippen molar-refractivity contribution in [2.24, 2.45) is 17.6 Å². The molecule has 1 saturated heterocycles. The summed E-state index contributed by atoms with van der Waals surface area (Å²) < 4.78 is 5.48. The summed E-state index contributed by atoms with van der Waals surface area (Å²) in [6.45, 7) is 5.06. The molecule has 0 radical (unpaired) electrons. The fourth-order valence-electron chi connectivity index (χ4n) is 3.94. The van der Waals surface area contributed by atoms with Crippen LogP contribution in [0.5, 0.6) is 0 Å². The van der Waals surface area contributed by atoms with Crippen molar-refractivity contribution in [3.63, 3.8) is 0 Å². The van der Waals surface area contributed by atoms with Crippen LogP contribution in [-0.2, 0) is 4.74 Å². The van der Waals surface area contributed by atoms with E-state index in [2.05, 4.69) is 18.9 Å². The lowest BCUT2D eigenvalue weighted by atomic mass is 9.82. The Morgan fingerprint density at radius 3 is 2.44 bits per heavy atom. The van der Waals surface area contributed by atoms with E-state index in [1.807, 2.05) is 0 Å². The molecule has 3 nitrogen and oxygen atoms in total. The first-order chi connectivity index (χ1) is 8.74. The van der Waals surface area contributed by atoms with E-state index in [-0.39, 0.29) is 0 Å². The fraction of sp³-hybridized carbons (Fsp3) is 1.00. The molecule has 0 aromatic heterocycles. The molecule has 1 heterocycles. The standard InChI is InChI=1S/C15H30N2O/c1-12-5-3-4-6-14(12)17(2)15(11-16)13-7-9-18-10-8-13/h12-15H,3-11,16H2,1-2H3. The Labute approximate surface area is 112 Å². The minimum absolute atomic E-state index is 0.555. The van der Waals surface area contributed by atoms with Crippen LogP contribution >= 0.6 is 0 Å². The Morgan fingerprint density at radius 2 is 1.83 bits per heavy atom. The SMILES string of the molecule is CC1CCCCC1N(C)C(CN)C1CCOCC1. The lowest BCUT2D eigenvalue weighted by Crippen LogP contribution is -2.52. The van der Waals surface area contributed by atoms with E-state index in [0.29, 0.717) is 6.04 Å². The summed E-state index contributed by atoms with van der Waals surface area (Å²) in [6, 6.07) is 1.30. The van der Waals surface area contributed by atoms with E-state index in [4.69, 9.17) is 10.5 Å². The van der Waals surface area contributed by atoms with Gasteiger partial charge in [-0.3, -0.25) is 4.90 Å². The van der Waals surface area contributed by atoms with E-state index in [0.717, 1.165) is 37.6 Å². The van der Waals surface area contributed by atoms with Gasteiger partial charge in [0, 0.05) is 31.8 Å². The maximum Gasteiger partial charge on any atom is 0.0469 e. The van der Waals surface area contributed by atoms with Crippen molar-refractivity contribution < 1.29 is 4.74 Å². The maximum absolute atomic E-state index is 6.07. The summed E-state index contributed by atoms with van der Waals surface area (Å²) >= 11 is 0. The van der Waals surface area contributed by atoms with Gasteiger partial charge in [0.1, 0.15) is 0 Å². The number of hydrogen-bond acceptors (Lipinski definition) is 3. The lowest BCUT2D eigenvalue weighted by Gasteiger charge is -2.44. The second-order valence-corrected chi connectivity index (χ2v) is 6.25. The van der Waals surface area contributed by atoms with Crippen LogP contribution in [0.2, 0.25) is 0 Å². The van der Waals surface area contributed by atoms with Crippen molar-refractivity contribution in [1.82, 2.24) is 4.90 Å². The monoisotopic (exact) mass is 254 g/mol. The van der Waals surface area contributed by atoms with Crippen molar-refractivity contribution in [1.29, 1.82) is 0 Å². The number of likely N-dealkylation sites (N-methyl/N-ethyl adjacent to an activating group) is 1. The molecule has 0 amide bonds. The molecule has 1 aliphatic carbocycles. The van der Waals surface area contributed by atoms with E-state index < -0.39 is 0 Å². The van der Waals surface area contributed by atoms with Crippen LogP contribution in [0.3, 0.4) is 0 Å². The molecule has 18 heavy (non-hydrogen) atoms. The minimum atomic E-state index is 0.555. The molecule has 0 bridgehead atoms. The first-order valence-electron chi connectivity index (χ1n) is 7.73. The molecule has 0 aromatic rings. The number of nitrogens with zero attached hydrogens (tertiary/aromatic N) is 1. The van der Waals surface area contributed by atoms with Crippen LogP contribution in [0.4, 0.5) is 0 Å². The summed E-state index contributed by atoms with van der Waals surface area (Å²) in [4.78, 5) is 2.61. The second kappa shape index (κ2) is 6.88. The highest BCUT2D eigenvalue weighted by atomic mass is 16.5. The Balaban J connectivity index is 1.96. The first-order valence-corrected chi connectivity index (χ1v) is 7.73. The van der Waals surface area contributed by atoms with Gasteiger partial charge in [-0.1, -0.05) is 19.8 Å². The molecule has 3 heteroatoms. The molecule has 2 aliphatic rings. The zero-order valence-electron chi connectivity index (χ0n) is 12.1. The van der Waals surface area contributed by atoms with Crippen LogP contribution < -0.4 is 5.73 Å². The third kappa shape index (κ3) is 3.25. The van der Waals surface area contributed by atoms with Gasteiger partial charge in [0.05, 0.1) is 0 Å². The summed E-state index contributed by atoms with van der Waals surface area (Å²) in [6.07, 6.45) is 7.93. The van der Waals surface area contributed by atoms with Gasteiger partial charge < -0.3 is 10.5 Å². The van der Waals surface area contributed by atoms with Crippen molar-refractivity contribution in [3.8, 4) is 0 Å². The van der Waals surface area contributed by atoms with E-state index >= 15 is 0 Å². The molecule has 106 valence electrons. The Kier molecular flexibility index (Phi) is 5.46. The first kappa shape index (κ1) is 14.3. The van der Waals surface area contributed by atoms with Crippen LogP contribution in [0.15, 0.2) is 0 Å². The third-order valence-electron chi connectivity index (χ3n) is 5.16. The van der Waals surface area contributed by atoms with Gasteiger partial charge in [-0.15, -0.1) is 0 Å². The molecule has 1 saturated carbocycles. The lowest BCUT2D eigenvalue weighted by molar-refractivity contribution is 0.00947.